The van der Waals surface area contributed by atoms with Gasteiger partial charge >= 0.3 is 4.36 Å². The van der Waals surface area contributed by atoms with Crippen LogP contribution in [0.2, 0.25) is 0 Å². The smallest absolute Gasteiger partial charge is 0.133 e. The second kappa shape index (κ2) is 3.94. The minimum Gasteiger partial charge on any atom is -0.133 e. The first-order chi connectivity index (χ1) is 2.77. The van der Waals surface area contributed by atoms with Crippen LogP contribution in [0, 0.1) is 0 Å². The highest BCUT2D eigenvalue weighted by atomic mass is 79.9. The predicted molar refractivity (Wildman–Crippen MR) is 38.4 cm³/mol. The molecule has 0 heterocycles. The molecule has 3 heteroatoms. The van der Waals surface area contributed by atoms with Crippen molar-refractivity contribution in [2.24, 2.45) is 0 Å². The average Bonchev–Trinajstić information content (AvgIpc) is 1.35. The summed E-state index contributed by atoms with van der Waals surface area (Å²) in [7, 11) is 0. The van der Waals surface area contributed by atoms with Gasteiger partial charge in [0.2, 0.25) is 0 Å². The lowest BCUT2D eigenvalue weighted by molar-refractivity contribution is 1.78. The molecule has 0 rings (SSSR count). The first kappa shape index (κ1) is 6.76. The van der Waals surface area contributed by atoms with Crippen LogP contribution in [-0.4, -0.2) is 4.36 Å². The molecule has 0 aromatic heterocycles. The molecule has 0 atom stereocenters. The lowest BCUT2D eigenvalue weighted by atomic mass is 10.1. The molecule has 0 radical (unpaired) electrons. The minimum atomic E-state index is 0.343. The Kier molecular flexibility index (Phi) is 4.44. The summed E-state index contributed by atoms with van der Waals surface area (Å²) in [5, 5.41) is 0. The molecular formula is C3H5BBr2. The summed E-state index contributed by atoms with van der Waals surface area (Å²) in [4.78, 5) is 0. The monoisotopic (exact) mass is 210 g/mol. The normalized spacial score (nSPS) is 9.83. The maximum Gasteiger partial charge on any atom is 0.322 e. The van der Waals surface area contributed by atoms with Crippen molar-refractivity contribution in [3.63, 3.8) is 0 Å². The lowest BCUT2D eigenvalue weighted by Crippen LogP contribution is -1.78. The van der Waals surface area contributed by atoms with Crippen molar-refractivity contribution in [2.75, 3.05) is 0 Å². The minimum absolute atomic E-state index is 0.343. The number of hydrogen-bond acceptors (Lipinski definition) is 0. The zero-order valence-corrected chi connectivity index (χ0v) is 6.66. The van der Waals surface area contributed by atoms with E-state index in [1.165, 1.54) is 0 Å². The zero-order valence-electron chi connectivity index (χ0n) is 3.49. The number of hydrogen-bond donors (Lipinski definition) is 0. The van der Waals surface area contributed by atoms with Gasteiger partial charge in [-0.1, -0.05) is 12.1 Å². The third-order valence-corrected chi connectivity index (χ3v) is 0.948. The van der Waals surface area contributed by atoms with Crippen molar-refractivity contribution < 1.29 is 0 Å². The number of halogens is 2. The Labute approximate surface area is 55.0 Å². The van der Waals surface area contributed by atoms with E-state index >= 15 is 0 Å². The molecule has 0 fully saturated rings. The lowest BCUT2D eigenvalue weighted by Gasteiger charge is -1.75. The van der Waals surface area contributed by atoms with Gasteiger partial charge in [0, 0.05) is 0 Å². The van der Waals surface area contributed by atoms with E-state index in [0.717, 1.165) is 0 Å². The van der Waals surface area contributed by atoms with Gasteiger partial charge < -0.3 is 0 Å². The van der Waals surface area contributed by atoms with Gasteiger partial charge in [0.25, 0.3) is 0 Å². The quantitative estimate of drug-likeness (QED) is 0.585. The fourth-order valence-corrected chi connectivity index (χ4v) is 0.756. The summed E-state index contributed by atoms with van der Waals surface area (Å²) in [6.45, 7) is 1.98. The summed E-state index contributed by atoms with van der Waals surface area (Å²) in [6, 6.07) is 0. The Morgan fingerprint density at radius 3 is 2.00 bits per heavy atom. The molecule has 0 saturated heterocycles. The topological polar surface area (TPSA) is 0 Å². The maximum atomic E-state index is 3.26. The summed E-state index contributed by atoms with van der Waals surface area (Å²) in [6.07, 6.45) is 1.98. The second-order valence-electron chi connectivity index (χ2n) is 0.860. The Morgan fingerprint density at radius 1 is 1.50 bits per heavy atom. The van der Waals surface area contributed by atoms with E-state index in [2.05, 4.69) is 31.5 Å². The van der Waals surface area contributed by atoms with Crippen molar-refractivity contribution in [3.05, 3.63) is 12.1 Å². The van der Waals surface area contributed by atoms with Gasteiger partial charge in [0.15, 0.2) is 0 Å². The van der Waals surface area contributed by atoms with Crippen molar-refractivity contribution in [3.8, 4) is 0 Å². The fraction of sp³-hybridized carbons (Fsp3) is 0.333. The van der Waals surface area contributed by atoms with E-state index in [9.17, 15) is 0 Å². The standard InChI is InChI=1S/C3H5BBr2/c1-2-3-4(5)6/h2-3H,1H3/b3-2-. The summed E-state index contributed by atoms with van der Waals surface area (Å²) in [5.41, 5.74) is 0. The van der Waals surface area contributed by atoms with E-state index in [1.807, 2.05) is 19.0 Å². The van der Waals surface area contributed by atoms with Crippen LogP contribution in [0.1, 0.15) is 6.92 Å². The van der Waals surface area contributed by atoms with Gasteiger partial charge in [-0.15, -0.1) is 31.5 Å². The first-order valence-electron chi connectivity index (χ1n) is 1.68. The molecular weight excluding hydrogens is 207 g/mol. The highest BCUT2D eigenvalue weighted by molar-refractivity contribution is 9.49. The van der Waals surface area contributed by atoms with Crippen LogP contribution in [0.25, 0.3) is 0 Å². The van der Waals surface area contributed by atoms with E-state index in [-0.39, 0.29) is 0 Å². The third kappa shape index (κ3) is 4.76. The molecule has 0 saturated carbocycles. The number of rotatable bonds is 1. The Morgan fingerprint density at radius 2 is 2.00 bits per heavy atom. The highest BCUT2D eigenvalue weighted by Gasteiger charge is 1.91. The van der Waals surface area contributed by atoms with Crippen LogP contribution in [-0.2, 0) is 0 Å². The second-order valence-corrected chi connectivity index (χ2v) is 4.06. The molecule has 0 unspecified atom stereocenters. The molecule has 0 aliphatic heterocycles. The van der Waals surface area contributed by atoms with Crippen molar-refractivity contribution >= 4 is 35.9 Å². The van der Waals surface area contributed by atoms with E-state index in [0.29, 0.717) is 4.36 Å². The largest absolute Gasteiger partial charge is 0.322 e. The molecule has 0 N–H and O–H groups in total. The van der Waals surface area contributed by atoms with Crippen molar-refractivity contribution in [1.82, 2.24) is 0 Å². The predicted octanol–water partition coefficient (Wildman–Crippen LogP) is 2.38. The molecule has 6 heavy (non-hydrogen) atoms. The van der Waals surface area contributed by atoms with Crippen LogP contribution < -0.4 is 0 Å². The van der Waals surface area contributed by atoms with E-state index in [1.54, 1.807) is 0 Å². The summed E-state index contributed by atoms with van der Waals surface area (Å²) in [5.74, 6) is 2.00. The van der Waals surface area contributed by atoms with Gasteiger partial charge in [-0.3, -0.25) is 0 Å². The Bertz CT molecular complexity index is 50.8. The Hall–Kier alpha value is 0.765. The number of allylic oxidation sites excluding steroid dienone is 1. The molecule has 0 aliphatic rings. The molecule has 0 bridgehead atoms. The SMILES string of the molecule is C/C=C\B(Br)Br. The van der Waals surface area contributed by atoms with Crippen LogP contribution >= 0.6 is 31.5 Å². The van der Waals surface area contributed by atoms with Crippen molar-refractivity contribution in [1.29, 1.82) is 0 Å². The van der Waals surface area contributed by atoms with Gasteiger partial charge in [-0.05, 0) is 6.92 Å². The van der Waals surface area contributed by atoms with Crippen LogP contribution in [0.15, 0.2) is 12.1 Å². The average molecular weight is 212 g/mol. The summed E-state index contributed by atoms with van der Waals surface area (Å²) >= 11 is 6.53. The van der Waals surface area contributed by atoms with Gasteiger partial charge in [-0.2, -0.15) is 0 Å². The molecule has 0 aromatic carbocycles. The molecule has 0 aliphatic carbocycles. The van der Waals surface area contributed by atoms with Crippen LogP contribution in [0.3, 0.4) is 0 Å². The first-order valence-corrected chi connectivity index (χ1v) is 3.51. The molecule has 0 aromatic rings. The van der Waals surface area contributed by atoms with Crippen molar-refractivity contribution in [2.45, 2.75) is 6.92 Å². The van der Waals surface area contributed by atoms with E-state index in [4.69, 9.17) is 0 Å². The Balaban J connectivity index is 3.03. The molecule has 0 nitrogen and oxygen atoms in total. The van der Waals surface area contributed by atoms with Crippen LogP contribution in [0.5, 0.6) is 0 Å². The zero-order chi connectivity index (χ0) is 4.99. The third-order valence-electron chi connectivity index (χ3n) is 0.338. The van der Waals surface area contributed by atoms with Gasteiger partial charge in [0.1, 0.15) is 0 Å². The molecule has 34 valence electrons. The summed E-state index contributed by atoms with van der Waals surface area (Å²) < 4.78 is 0.343. The highest BCUT2D eigenvalue weighted by Crippen LogP contribution is 2.01. The molecule has 0 amide bonds. The maximum absolute atomic E-state index is 3.26. The van der Waals surface area contributed by atoms with Gasteiger partial charge in [-0.25, -0.2) is 0 Å². The van der Waals surface area contributed by atoms with E-state index < -0.39 is 0 Å². The van der Waals surface area contributed by atoms with Crippen LogP contribution in [0.4, 0.5) is 0 Å². The fourth-order valence-electron chi connectivity index (χ4n) is 0.145. The van der Waals surface area contributed by atoms with Gasteiger partial charge in [0.05, 0.1) is 0 Å². The molecule has 0 spiro atoms.